The Balaban J connectivity index is 2.09. The highest BCUT2D eigenvalue weighted by Crippen LogP contribution is 2.19. The molecule has 7 nitrogen and oxygen atoms in total. The summed E-state index contributed by atoms with van der Waals surface area (Å²) in [7, 11) is 0. The monoisotopic (exact) mass is 333 g/mol. The highest BCUT2D eigenvalue weighted by atomic mass is 16.5. The van der Waals surface area contributed by atoms with Gasteiger partial charge in [0.15, 0.2) is 0 Å². The summed E-state index contributed by atoms with van der Waals surface area (Å²) in [6, 6.07) is 6.90. The Morgan fingerprint density at radius 1 is 1.25 bits per heavy atom. The summed E-state index contributed by atoms with van der Waals surface area (Å²) in [4.78, 5) is 38.4. The smallest absolute Gasteiger partial charge is 0.320 e. The van der Waals surface area contributed by atoms with E-state index in [2.05, 4.69) is 5.32 Å². The first-order chi connectivity index (χ1) is 11.6. The Labute approximate surface area is 141 Å². The Morgan fingerprint density at radius 2 is 1.92 bits per heavy atom. The molecule has 1 aromatic carbocycles. The molecule has 0 aliphatic carbocycles. The molecule has 1 unspecified atom stereocenters. The van der Waals surface area contributed by atoms with E-state index in [0.717, 1.165) is 5.56 Å². The molecule has 1 heterocycles. The van der Waals surface area contributed by atoms with Crippen molar-refractivity contribution in [1.82, 2.24) is 15.1 Å². The van der Waals surface area contributed by atoms with Crippen LogP contribution in [-0.4, -0.2) is 54.4 Å². The number of urea groups is 1. The molecule has 0 radical (unpaired) electrons. The van der Waals surface area contributed by atoms with E-state index in [0.29, 0.717) is 44.9 Å². The third-order valence-electron chi connectivity index (χ3n) is 4.01. The van der Waals surface area contributed by atoms with Crippen LogP contribution >= 0.6 is 0 Å². The van der Waals surface area contributed by atoms with E-state index in [-0.39, 0.29) is 17.9 Å². The van der Waals surface area contributed by atoms with Gasteiger partial charge in [0.05, 0.1) is 5.92 Å². The molecule has 2 rings (SSSR count). The van der Waals surface area contributed by atoms with Gasteiger partial charge in [0.25, 0.3) is 6.47 Å². The summed E-state index contributed by atoms with van der Waals surface area (Å²) < 4.78 is 4.76. The van der Waals surface area contributed by atoms with Crippen molar-refractivity contribution in [2.45, 2.75) is 20.4 Å². The first-order valence-corrected chi connectivity index (χ1v) is 8.09. The van der Waals surface area contributed by atoms with Crippen molar-refractivity contribution in [3.63, 3.8) is 0 Å². The van der Waals surface area contributed by atoms with Gasteiger partial charge < -0.3 is 19.9 Å². The van der Waals surface area contributed by atoms with Crippen molar-refractivity contribution in [2.24, 2.45) is 5.92 Å². The molecule has 3 amide bonds. The molecule has 1 aliphatic heterocycles. The molecule has 130 valence electrons. The Morgan fingerprint density at radius 3 is 2.50 bits per heavy atom. The molecule has 0 spiro atoms. The summed E-state index contributed by atoms with van der Waals surface area (Å²) in [6.45, 7) is 6.56. The molecule has 7 heteroatoms. The predicted molar refractivity (Wildman–Crippen MR) is 88.4 cm³/mol. The topological polar surface area (TPSA) is 79.0 Å². The van der Waals surface area contributed by atoms with E-state index in [9.17, 15) is 14.4 Å². The molecule has 0 aromatic heterocycles. The first-order valence-electron chi connectivity index (χ1n) is 8.09. The van der Waals surface area contributed by atoms with Gasteiger partial charge in [-0.2, -0.15) is 0 Å². The van der Waals surface area contributed by atoms with E-state index in [4.69, 9.17) is 4.74 Å². The maximum atomic E-state index is 12.5. The Hall–Kier alpha value is -2.57. The Bertz CT molecular complexity index is 588. The van der Waals surface area contributed by atoms with Gasteiger partial charge >= 0.3 is 6.03 Å². The van der Waals surface area contributed by atoms with Gasteiger partial charge in [-0.05, 0) is 31.5 Å². The second kappa shape index (κ2) is 8.33. The molecule has 1 atom stereocenters. The van der Waals surface area contributed by atoms with E-state index in [1.54, 1.807) is 34.1 Å². The molecule has 1 aromatic rings. The van der Waals surface area contributed by atoms with Crippen molar-refractivity contribution in [1.29, 1.82) is 0 Å². The Kier molecular flexibility index (Phi) is 6.17. The number of benzene rings is 1. The molecule has 1 aliphatic rings. The number of amides is 3. The minimum Gasteiger partial charge on any atom is -0.429 e. The zero-order chi connectivity index (χ0) is 17.5. The van der Waals surface area contributed by atoms with Crippen LogP contribution in [0, 0.1) is 5.92 Å². The predicted octanol–water partition coefficient (Wildman–Crippen LogP) is 1.23. The second-order valence-electron chi connectivity index (χ2n) is 5.65. The SMILES string of the molecule is CCNC(=O)C1CN(CC)C(=O)N(Cc2ccc(OC=O)cc2)C1. The summed E-state index contributed by atoms with van der Waals surface area (Å²) in [6.07, 6.45) is 0. The highest BCUT2D eigenvalue weighted by Gasteiger charge is 2.34. The van der Waals surface area contributed by atoms with E-state index < -0.39 is 0 Å². The van der Waals surface area contributed by atoms with Gasteiger partial charge in [0.1, 0.15) is 5.75 Å². The van der Waals surface area contributed by atoms with Crippen LogP contribution in [-0.2, 0) is 16.1 Å². The molecule has 0 saturated carbocycles. The largest absolute Gasteiger partial charge is 0.429 e. The van der Waals surface area contributed by atoms with Crippen LogP contribution in [0.3, 0.4) is 0 Å². The van der Waals surface area contributed by atoms with Gasteiger partial charge in [-0.25, -0.2) is 4.79 Å². The lowest BCUT2D eigenvalue weighted by atomic mass is 10.0. The molecular weight excluding hydrogens is 310 g/mol. The van der Waals surface area contributed by atoms with Gasteiger partial charge in [0, 0.05) is 32.7 Å². The molecule has 1 fully saturated rings. The number of ether oxygens (including phenoxy) is 1. The second-order valence-corrected chi connectivity index (χ2v) is 5.65. The minimum atomic E-state index is -0.236. The maximum Gasteiger partial charge on any atom is 0.320 e. The fourth-order valence-electron chi connectivity index (χ4n) is 2.78. The molecule has 24 heavy (non-hydrogen) atoms. The quantitative estimate of drug-likeness (QED) is 0.761. The number of nitrogens with one attached hydrogen (secondary N) is 1. The van der Waals surface area contributed by atoms with Gasteiger partial charge in [-0.1, -0.05) is 12.1 Å². The number of carbonyl (C=O) groups excluding carboxylic acids is 3. The molecule has 1 saturated heterocycles. The average Bonchev–Trinajstić information content (AvgIpc) is 2.58. The van der Waals surface area contributed by atoms with Crippen molar-refractivity contribution in [3.8, 4) is 5.75 Å². The number of nitrogens with zero attached hydrogens (tertiary/aromatic N) is 2. The van der Waals surface area contributed by atoms with Crippen LogP contribution in [0.2, 0.25) is 0 Å². The fraction of sp³-hybridized carbons (Fsp3) is 0.471. The molecule has 1 N–H and O–H groups in total. The highest BCUT2D eigenvalue weighted by molar-refractivity contribution is 5.83. The lowest BCUT2D eigenvalue weighted by Crippen LogP contribution is -2.56. The van der Waals surface area contributed by atoms with Crippen LogP contribution in [0.5, 0.6) is 5.75 Å². The summed E-state index contributed by atoms with van der Waals surface area (Å²) >= 11 is 0. The van der Waals surface area contributed by atoms with Crippen molar-refractivity contribution < 1.29 is 19.1 Å². The number of rotatable bonds is 7. The standard InChI is InChI=1S/C17H23N3O4/c1-3-18-16(22)14-10-19(4-2)17(23)20(11-14)9-13-5-7-15(8-6-13)24-12-21/h5-8,12,14H,3-4,9-11H2,1-2H3,(H,18,22). The average molecular weight is 333 g/mol. The fourth-order valence-corrected chi connectivity index (χ4v) is 2.78. The van der Waals surface area contributed by atoms with E-state index in [1.165, 1.54) is 0 Å². The normalized spacial score (nSPS) is 17.6. The van der Waals surface area contributed by atoms with Crippen LogP contribution in [0.1, 0.15) is 19.4 Å². The maximum absolute atomic E-state index is 12.5. The zero-order valence-electron chi connectivity index (χ0n) is 14.0. The first kappa shape index (κ1) is 17.8. The summed E-state index contributed by atoms with van der Waals surface area (Å²) in [5, 5.41) is 2.83. The minimum absolute atomic E-state index is 0.0248. The van der Waals surface area contributed by atoms with Crippen molar-refractivity contribution >= 4 is 18.4 Å². The third kappa shape index (κ3) is 4.24. The van der Waals surface area contributed by atoms with Crippen LogP contribution < -0.4 is 10.1 Å². The van der Waals surface area contributed by atoms with Crippen LogP contribution in [0.4, 0.5) is 4.79 Å². The number of carbonyl (C=O) groups is 3. The van der Waals surface area contributed by atoms with Gasteiger partial charge in [-0.3, -0.25) is 9.59 Å². The molecule has 0 bridgehead atoms. The number of hydrogen-bond donors (Lipinski definition) is 1. The summed E-state index contributed by atoms with van der Waals surface area (Å²) in [5.41, 5.74) is 0.911. The van der Waals surface area contributed by atoms with Crippen LogP contribution in [0.15, 0.2) is 24.3 Å². The zero-order valence-corrected chi connectivity index (χ0v) is 14.0. The lowest BCUT2D eigenvalue weighted by Gasteiger charge is -2.39. The third-order valence-corrected chi connectivity index (χ3v) is 4.01. The van der Waals surface area contributed by atoms with Gasteiger partial charge in [0.2, 0.25) is 5.91 Å². The van der Waals surface area contributed by atoms with E-state index >= 15 is 0 Å². The van der Waals surface area contributed by atoms with Crippen molar-refractivity contribution in [3.05, 3.63) is 29.8 Å². The molecular formula is C17H23N3O4. The summed E-state index contributed by atoms with van der Waals surface area (Å²) in [5.74, 6) is 0.192. The van der Waals surface area contributed by atoms with Crippen LogP contribution in [0.25, 0.3) is 0 Å². The van der Waals surface area contributed by atoms with Gasteiger partial charge in [-0.15, -0.1) is 0 Å². The lowest BCUT2D eigenvalue weighted by molar-refractivity contribution is -0.126. The van der Waals surface area contributed by atoms with E-state index in [1.807, 2.05) is 13.8 Å². The number of hydrogen-bond acceptors (Lipinski definition) is 4. The van der Waals surface area contributed by atoms with Crippen molar-refractivity contribution in [2.75, 3.05) is 26.2 Å².